The van der Waals surface area contributed by atoms with E-state index < -0.39 is 23.8 Å². The molecule has 1 saturated heterocycles. The largest absolute Gasteiger partial charge is 0.391 e. The molecule has 1 aliphatic rings. The van der Waals surface area contributed by atoms with Crippen LogP contribution in [0.4, 0.5) is 8.78 Å². The molecule has 122 valence electrons. The van der Waals surface area contributed by atoms with Crippen LogP contribution in [-0.4, -0.2) is 38.1 Å². The third-order valence-corrected chi connectivity index (χ3v) is 4.30. The summed E-state index contributed by atoms with van der Waals surface area (Å²) < 4.78 is 29.2. The number of likely N-dealkylation sites (tertiary alicyclic amines) is 1. The van der Waals surface area contributed by atoms with Crippen LogP contribution in [0.1, 0.15) is 34.3 Å². The van der Waals surface area contributed by atoms with E-state index in [9.17, 15) is 18.7 Å². The molecule has 2 unspecified atom stereocenters. The number of carbonyl (C=O) groups excluding carboxylic acids is 1. The topological polar surface area (TPSA) is 58.4 Å². The quantitative estimate of drug-likeness (QED) is 0.920. The van der Waals surface area contributed by atoms with E-state index in [0.717, 1.165) is 18.2 Å². The number of imidazole rings is 1. The van der Waals surface area contributed by atoms with E-state index in [-0.39, 0.29) is 24.4 Å². The predicted molar refractivity (Wildman–Crippen MR) is 78.7 cm³/mol. The van der Waals surface area contributed by atoms with Crippen LogP contribution < -0.4 is 0 Å². The van der Waals surface area contributed by atoms with E-state index in [4.69, 9.17) is 0 Å². The second kappa shape index (κ2) is 5.73. The molecular formula is C16H17F2N3O2. The fraction of sp³-hybridized carbons (Fsp3) is 0.375. The zero-order valence-electron chi connectivity index (χ0n) is 12.8. The standard InChI is InChI=1S/C16H17F2N3O2/c1-9-19-7-15(20(9)2)16(23)21-8-11(22)6-14(21)12-5-10(17)3-4-13(12)18/h3-5,7,11,14,22H,6,8H2,1-2H3. The Morgan fingerprint density at radius 2 is 2.13 bits per heavy atom. The second-order valence-corrected chi connectivity index (χ2v) is 5.78. The summed E-state index contributed by atoms with van der Waals surface area (Å²) >= 11 is 0. The van der Waals surface area contributed by atoms with Gasteiger partial charge in [0, 0.05) is 19.2 Å². The van der Waals surface area contributed by atoms with Crippen molar-refractivity contribution in [1.29, 1.82) is 0 Å². The number of hydrogen-bond donors (Lipinski definition) is 1. The summed E-state index contributed by atoms with van der Waals surface area (Å²) in [7, 11) is 1.71. The average molecular weight is 321 g/mol. The molecule has 7 heteroatoms. The summed E-state index contributed by atoms with van der Waals surface area (Å²) in [4.78, 5) is 18.2. The maximum Gasteiger partial charge on any atom is 0.272 e. The van der Waals surface area contributed by atoms with Gasteiger partial charge in [0.15, 0.2) is 0 Å². The van der Waals surface area contributed by atoms with Crippen LogP contribution in [0.15, 0.2) is 24.4 Å². The van der Waals surface area contributed by atoms with Crippen molar-refractivity contribution in [3.05, 3.63) is 53.1 Å². The molecule has 1 N–H and O–H groups in total. The summed E-state index contributed by atoms with van der Waals surface area (Å²) in [6, 6.07) is 2.43. The number of hydrogen-bond acceptors (Lipinski definition) is 3. The van der Waals surface area contributed by atoms with Gasteiger partial charge < -0.3 is 14.6 Å². The number of amides is 1. The summed E-state index contributed by atoms with van der Waals surface area (Å²) in [5.74, 6) is -0.865. The van der Waals surface area contributed by atoms with Gasteiger partial charge in [-0.25, -0.2) is 13.8 Å². The first-order chi connectivity index (χ1) is 10.9. The van der Waals surface area contributed by atoms with Gasteiger partial charge >= 0.3 is 0 Å². The summed E-state index contributed by atoms with van der Waals surface area (Å²) in [6.07, 6.45) is 0.838. The lowest BCUT2D eigenvalue weighted by molar-refractivity contribution is 0.0703. The summed E-state index contributed by atoms with van der Waals surface area (Å²) in [6.45, 7) is 1.84. The summed E-state index contributed by atoms with van der Waals surface area (Å²) in [5, 5.41) is 9.93. The maximum absolute atomic E-state index is 14.1. The van der Waals surface area contributed by atoms with Gasteiger partial charge in [0.05, 0.1) is 18.3 Å². The normalized spacial score (nSPS) is 21.0. The van der Waals surface area contributed by atoms with Crippen molar-refractivity contribution in [2.24, 2.45) is 7.05 Å². The van der Waals surface area contributed by atoms with Gasteiger partial charge in [0.1, 0.15) is 23.2 Å². The van der Waals surface area contributed by atoms with Crippen LogP contribution in [0.5, 0.6) is 0 Å². The second-order valence-electron chi connectivity index (χ2n) is 5.78. The molecule has 1 aliphatic heterocycles. The van der Waals surface area contributed by atoms with E-state index in [0.29, 0.717) is 11.5 Å². The third kappa shape index (κ3) is 2.72. The maximum atomic E-state index is 14.1. The molecule has 3 rings (SSSR count). The molecule has 5 nitrogen and oxygen atoms in total. The van der Waals surface area contributed by atoms with Crippen LogP contribution in [0.3, 0.4) is 0 Å². The number of carbonyl (C=O) groups is 1. The van der Waals surface area contributed by atoms with E-state index in [1.807, 2.05) is 0 Å². The van der Waals surface area contributed by atoms with E-state index in [2.05, 4.69) is 4.98 Å². The van der Waals surface area contributed by atoms with Crippen LogP contribution in [0.25, 0.3) is 0 Å². The van der Waals surface area contributed by atoms with Crippen LogP contribution in [0, 0.1) is 18.6 Å². The Hall–Kier alpha value is -2.28. The molecule has 1 amide bonds. The minimum atomic E-state index is -0.777. The Kier molecular flexibility index (Phi) is 3.89. The van der Waals surface area contributed by atoms with E-state index >= 15 is 0 Å². The van der Waals surface area contributed by atoms with Crippen molar-refractivity contribution in [2.45, 2.75) is 25.5 Å². The van der Waals surface area contributed by atoms with Gasteiger partial charge in [-0.15, -0.1) is 0 Å². The fourth-order valence-electron chi connectivity index (χ4n) is 2.95. The zero-order chi connectivity index (χ0) is 16.7. The monoisotopic (exact) mass is 321 g/mol. The lowest BCUT2D eigenvalue weighted by atomic mass is 10.0. The molecule has 0 radical (unpaired) electrons. The number of halogens is 2. The number of β-amino-alcohol motifs (C(OH)–C–C–N with tert-alkyl or cyclic N) is 1. The van der Waals surface area contributed by atoms with Gasteiger partial charge in [-0.1, -0.05) is 0 Å². The number of benzene rings is 1. The van der Waals surface area contributed by atoms with Crippen LogP contribution in [0.2, 0.25) is 0 Å². The zero-order valence-corrected chi connectivity index (χ0v) is 12.8. The number of aliphatic hydroxyl groups is 1. The molecule has 0 saturated carbocycles. The third-order valence-electron chi connectivity index (χ3n) is 4.30. The Bertz CT molecular complexity index is 760. The van der Waals surface area contributed by atoms with Crippen molar-refractivity contribution in [1.82, 2.24) is 14.5 Å². The van der Waals surface area contributed by atoms with Gasteiger partial charge in [-0.05, 0) is 31.5 Å². The summed E-state index contributed by atoms with van der Waals surface area (Å²) in [5.41, 5.74) is 0.423. The van der Waals surface area contributed by atoms with Gasteiger partial charge in [0.2, 0.25) is 0 Å². The van der Waals surface area contributed by atoms with Gasteiger partial charge in [-0.2, -0.15) is 0 Å². The number of nitrogens with zero attached hydrogens (tertiary/aromatic N) is 3. The van der Waals surface area contributed by atoms with Crippen molar-refractivity contribution < 1.29 is 18.7 Å². The van der Waals surface area contributed by atoms with Crippen molar-refractivity contribution in [3.8, 4) is 0 Å². The highest BCUT2D eigenvalue weighted by atomic mass is 19.1. The highest BCUT2D eigenvalue weighted by Crippen LogP contribution is 2.35. The van der Waals surface area contributed by atoms with Gasteiger partial charge in [0.25, 0.3) is 5.91 Å². The lowest BCUT2D eigenvalue weighted by Gasteiger charge is -2.25. The first-order valence-corrected chi connectivity index (χ1v) is 7.30. The Morgan fingerprint density at radius 3 is 2.78 bits per heavy atom. The number of rotatable bonds is 2. The van der Waals surface area contributed by atoms with Crippen molar-refractivity contribution >= 4 is 5.91 Å². The van der Waals surface area contributed by atoms with Gasteiger partial charge in [-0.3, -0.25) is 4.79 Å². The molecular weight excluding hydrogens is 304 g/mol. The lowest BCUT2D eigenvalue weighted by Crippen LogP contribution is -2.33. The average Bonchev–Trinajstić information content (AvgIpc) is 3.05. The Morgan fingerprint density at radius 1 is 1.39 bits per heavy atom. The first kappa shape index (κ1) is 15.6. The van der Waals surface area contributed by atoms with Crippen molar-refractivity contribution in [2.75, 3.05) is 6.54 Å². The molecule has 0 spiro atoms. The molecule has 0 aliphatic carbocycles. The molecule has 23 heavy (non-hydrogen) atoms. The molecule has 2 heterocycles. The highest BCUT2D eigenvalue weighted by molar-refractivity contribution is 5.93. The molecule has 0 bridgehead atoms. The Labute approximate surface area is 132 Å². The molecule has 2 atom stereocenters. The smallest absolute Gasteiger partial charge is 0.272 e. The number of aryl methyl sites for hydroxylation is 1. The highest BCUT2D eigenvalue weighted by Gasteiger charge is 2.38. The molecule has 1 fully saturated rings. The Balaban J connectivity index is 1.98. The minimum absolute atomic E-state index is 0.0731. The molecule has 2 aromatic rings. The van der Waals surface area contributed by atoms with Crippen LogP contribution >= 0.6 is 0 Å². The molecule has 1 aromatic carbocycles. The SMILES string of the molecule is Cc1ncc(C(=O)N2CC(O)CC2c2cc(F)ccc2F)n1C. The number of aliphatic hydroxyl groups excluding tert-OH is 1. The minimum Gasteiger partial charge on any atom is -0.391 e. The first-order valence-electron chi connectivity index (χ1n) is 7.30. The number of aromatic nitrogens is 2. The van der Waals surface area contributed by atoms with Crippen molar-refractivity contribution in [3.63, 3.8) is 0 Å². The van der Waals surface area contributed by atoms with Crippen LogP contribution in [-0.2, 0) is 7.05 Å². The fourth-order valence-corrected chi connectivity index (χ4v) is 2.95. The van der Waals surface area contributed by atoms with E-state index in [1.54, 1.807) is 18.5 Å². The van der Waals surface area contributed by atoms with E-state index in [1.165, 1.54) is 11.1 Å². The molecule has 1 aromatic heterocycles. The predicted octanol–water partition coefficient (Wildman–Crippen LogP) is 1.95.